The van der Waals surface area contributed by atoms with E-state index in [0.717, 1.165) is 39.7 Å². The summed E-state index contributed by atoms with van der Waals surface area (Å²) < 4.78 is 13.1. The average molecular weight is 388 g/mol. The first-order valence-corrected chi connectivity index (χ1v) is 10.7. The van der Waals surface area contributed by atoms with E-state index >= 15 is 0 Å². The molecule has 5 heteroatoms. The quantitative estimate of drug-likeness (QED) is 0.536. The van der Waals surface area contributed by atoms with Crippen LogP contribution in [0.15, 0.2) is 82.8 Å². The number of fused-ring (bicyclic) bond motifs is 1. The van der Waals surface area contributed by atoms with Gasteiger partial charge in [0.15, 0.2) is 0 Å². The zero-order valence-electron chi connectivity index (χ0n) is 15.5. The van der Waals surface area contributed by atoms with Gasteiger partial charge in [-0.2, -0.15) is 0 Å². The third kappa shape index (κ3) is 3.12. The van der Waals surface area contributed by atoms with Crippen LogP contribution in [0, 0.1) is 0 Å². The highest BCUT2D eigenvalue weighted by atomic mass is 32.2. The molecule has 0 amide bonds. The molecule has 0 radical (unpaired) electrons. The number of hydrogen-bond donors (Lipinski definition) is 1. The summed E-state index contributed by atoms with van der Waals surface area (Å²) in [5, 5.41) is 1.18. The summed E-state index contributed by atoms with van der Waals surface area (Å²) in [6, 6.07) is 20.3. The Morgan fingerprint density at radius 2 is 1.79 bits per heavy atom. The van der Waals surface area contributed by atoms with Crippen molar-refractivity contribution in [3.8, 4) is 11.3 Å². The molecule has 0 saturated carbocycles. The number of para-hydroxylation sites is 1. The Balaban J connectivity index is 1.64. The van der Waals surface area contributed by atoms with Crippen LogP contribution in [-0.4, -0.2) is 27.3 Å². The molecule has 4 aromatic rings. The number of aromatic amines is 1. The van der Waals surface area contributed by atoms with E-state index in [1.165, 1.54) is 23.9 Å². The maximum Gasteiger partial charge on any atom is 0.0865 e. The summed E-state index contributed by atoms with van der Waals surface area (Å²) in [6.07, 6.45) is 5.81. The Morgan fingerprint density at radius 1 is 0.929 bits per heavy atom. The van der Waals surface area contributed by atoms with Crippen LogP contribution in [0.3, 0.4) is 0 Å². The minimum Gasteiger partial charge on any atom is -0.371 e. The molecular weight excluding hydrogens is 366 g/mol. The Morgan fingerprint density at radius 3 is 2.57 bits per heavy atom. The predicted octanol–water partition coefficient (Wildman–Crippen LogP) is 5.00. The van der Waals surface area contributed by atoms with Gasteiger partial charge in [-0.3, -0.25) is 4.98 Å². The number of pyridine rings is 1. The second-order valence-corrected chi connectivity index (χ2v) is 8.58. The van der Waals surface area contributed by atoms with Crippen LogP contribution in [0.5, 0.6) is 0 Å². The molecule has 1 saturated heterocycles. The van der Waals surface area contributed by atoms with Crippen LogP contribution < -0.4 is 4.90 Å². The molecule has 4 nitrogen and oxygen atoms in total. The highest BCUT2D eigenvalue weighted by molar-refractivity contribution is 7.85. The molecule has 0 spiro atoms. The van der Waals surface area contributed by atoms with Gasteiger partial charge >= 0.3 is 0 Å². The van der Waals surface area contributed by atoms with Gasteiger partial charge in [0, 0.05) is 58.2 Å². The van der Waals surface area contributed by atoms with Crippen LogP contribution in [-0.2, 0) is 10.8 Å². The number of aromatic nitrogens is 2. The largest absolute Gasteiger partial charge is 0.371 e. The molecule has 28 heavy (non-hydrogen) atoms. The summed E-state index contributed by atoms with van der Waals surface area (Å²) in [7, 11) is -1.25. The molecule has 0 unspecified atom stereocenters. The third-order valence-electron chi connectivity index (χ3n) is 5.30. The fraction of sp³-hybridized carbons (Fsp3) is 0.174. The highest BCUT2D eigenvalue weighted by Crippen LogP contribution is 2.36. The van der Waals surface area contributed by atoms with Crippen LogP contribution in [0.4, 0.5) is 5.69 Å². The van der Waals surface area contributed by atoms with Crippen molar-refractivity contribution in [1.29, 1.82) is 0 Å². The fourth-order valence-corrected chi connectivity index (χ4v) is 4.94. The zero-order valence-corrected chi connectivity index (χ0v) is 16.3. The zero-order chi connectivity index (χ0) is 18.9. The minimum absolute atomic E-state index is 0.721. The van der Waals surface area contributed by atoms with Gasteiger partial charge in [0.25, 0.3) is 0 Å². The van der Waals surface area contributed by atoms with Crippen molar-refractivity contribution in [1.82, 2.24) is 9.97 Å². The molecule has 1 aliphatic heterocycles. The first-order chi connectivity index (χ1) is 13.8. The molecule has 2 aromatic heterocycles. The van der Waals surface area contributed by atoms with Crippen molar-refractivity contribution < 1.29 is 4.21 Å². The Kier molecular flexibility index (Phi) is 4.45. The lowest BCUT2D eigenvalue weighted by Crippen LogP contribution is -2.18. The molecule has 3 heterocycles. The predicted molar refractivity (Wildman–Crippen MR) is 114 cm³/mol. The van der Waals surface area contributed by atoms with Crippen LogP contribution in [0.1, 0.15) is 12.8 Å². The number of nitrogens with one attached hydrogen (secondary N) is 1. The Labute approximate surface area is 166 Å². The van der Waals surface area contributed by atoms with Crippen LogP contribution >= 0.6 is 0 Å². The number of nitrogens with zero attached hydrogens (tertiary/aromatic N) is 2. The van der Waals surface area contributed by atoms with Gasteiger partial charge in [0.1, 0.15) is 0 Å². The van der Waals surface area contributed by atoms with Crippen molar-refractivity contribution in [3.05, 3.63) is 73.1 Å². The monoisotopic (exact) mass is 387 g/mol. The molecule has 140 valence electrons. The first kappa shape index (κ1) is 17.2. The second kappa shape index (κ2) is 7.24. The first-order valence-electron chi connectivity index (χ1n) is 9.58. The van der Waals surface area contributed by atoms with E-state index in [0.29, 0.717) is 0 Å². The molecule has 1 N–H and O–H groups in total. The Bertz CT molecular complexity index is 1110. The van der Waals surface area contributed by atoms with Gasteiger partial charge in [0.2, 0.25) is 0 Å². The van der Waals surface area contributed by atoms with Gasteiger partial charge in [0.05, 0.1) is 15.7 Å². The lowest BCUT2D eigenvalue weighted by atomic mass is 10.1. The van der Waals surface area contributed by atoms with E-state index in [4.69, 9.17) is 0 Å². The van der Waals surface area contributed by atoms with Gasteiger partial charge in [-0.15, -0.1) is 0 Å². The number of H-pyrrole nitrogens is 1. The van der Waals surface area contributed by atoms with Crippen molar-refractivity contribution in [3.63, 3.8) is 0 Å². The van der Waals surface area contributed by atoms with E-state index in [-0.39, 0.29) is 0 Å². The summed E-state index contributed by atoms with van der Waals surface area (Å²) >= 11 is 0. The van der Waals surface area contributed by atoms with E-state index in [2.05, 4.69) is 51.3 Å². The standard InChI is InChI=1S/C23H21N3OS/c27-28(19-7-5-11-24-16-19)18-9-10-23(26-12-3-4-13-26)20(15-18)22-14-17-6-1-2-8-21(17)25-22/h1-2,5-11,14-16,25H,3-4,12-13H2/t28-/m0/s1. The number of benzene rings is 2. The van der Waals surface area contributed by atoms with Gasteiger partial charge < -0.3 is 9.88 Å². The molecule has 1 atom stereocenters. The SMILES string of the molecule is O=[S@](c1cccnc1)c1ccc(N2CCCC2)c(-c2cc3ccccc3[nH]2)c1. The van der Waals surface area contributed by atoms with Crippen molar-refractivity contribution >= 4 is 27.4 Å². The molecular formula is C23H21N3OS. The lowest BCUT2D eigenvalue weighted by Gasteiger charge is -2.21. The van der Waals surface area contributed by atoms with E-state index in [1.807, 2.05) is 24.3 Å². The fourth-order valence-electron chi connectivity index (χ4n) is 3.89. The maximum absolute atomic E-state index is 13.1. The molecule has 5 rings (SSSR count). The molecule has 1 aliphatic rings. The van der Waals surface area contributed by atoms with Gasteiger partial charge in [-0.1, -0.05) is 18.2 Å². The summed E-state index contributed by atoms with van der Waals surface area (Å²) in [5.74, 6) is 0. The number of rotatable bonds is 4. The Hall–Kier alpha value is -2.92. The lowest BCUT2D eigenvalue weighted by molar-refractivity contribution is 0.683. The van der Waals surface area contributed by atoms with Crippen molar-refractivity contribution in [2.75, 3.05) is 18.0 Å². The molecule has 2 aromatic carbocycles. The van der Waals surface area contributed by atoms with Crippen LogP contribution in [0.2, 0.25) is 0 Å². The smallest absolute Gasteiger partial charge is 0.0865 e. The topological polar surface area (TPSA) is 49.0 Å². The third-order valence-corrected chi connectivity index (χ3v) is 6.65. The van der Waals surface area contributed by atoms with E-state index in [1.54, 1.807) is 12.4 Å². The molecule has 0 aliphatic carbocycles. The second-order valence-electron chi connectivity index (χ2n) is 7.10. The minimum atomic E-state index is -1.25. The summed E-state index contributed by atoms with van der Waals surface area (Å²) in [5.41, 5.74) is 4.49. The van der Waals surface area contributed by atoms with Crippen molar-refractivity contribution in [2.24, 2.45) is 0 Å². The summed E-state index contributed by atoms with van der Waals surface area (Å²) in [4.78, 5) is 11.6. The van der Waals surface area contributed by atoms with Crippen molar-refractivity contribution in [2.45, 2.75) is 22.6 Å². The average Bonchev–Trinajstić information content (AvgIpc) is 3.43. The molecule has 0 bridgehead atoms. The molecule has 1 fully saturated rings. The van der Waals surface area contributed by atoms with E-state index < -0.39 is 10.8 Å². The number of anilines is 1. The highest BCUT2D eigenvalue weighted by Gasteiger charge is 2.19. The van der Waals surface area contributed by atoms with Gasteiger partial charge in [-0.05, 0) is 55.3 Å². The van der Waals surface area contributed by atoms with Crippen LogP contribution in [0.25, 0.3) is 22.2 Å². The summed E-state index contributed by atoms with van der Waals surface area (Å²) in [6.45, 7) is 2.14. The normalized spacial score (nSPS) is 15.2. The maximum atomic E-state index is 13.1. The number of hydrogen-bond acceptors (Lipinski definition) is 3. The van der Waals surface area contributed by atoms with E-state index in [9.17, 15) is 4.21 Å². The van der Waals surface area contributed by atoms with Gasteiger partial charge in [-0.25, -0.2) is 4.21 Å².